The molecule has 176 valence electrons. The SMILES string of the molecule is CCC(=O)Nc1cc([S+]([O-])c2ccc(Cl)c(Cl)c2)ccc1NC(=NC(=O)OC)NC(=O)OC. The maximum atomic E-state index is 13.0. The Morgan fingerprint density at radius 2 is 1.64 bits per heavy atom. The number of ether oxygens (including phenoxy) is 2. The van der Waals surface area contributed by atoms with Gasteiger partial charge in [0.25, 0.3) is 0 Å². The van der Waals surface area contributed by atoms with Crippen LogP contribution in [0.2, 0.25) is 10.0 Å². The zero-order valence-corrected chi connectivity index (χ0v) is 20.1. The van der Waals surface area contributed by atoms with E-state index >= 15 is 0 Å². The number of halogens is 2. The summed E-state index contributed by atoms with van der Waals surface area (Å²) in [7, 11) is 2.24. The van der Waals surface area contributed by atoms with E-state index < -0.39 is 23.4 Å². The van der Waals surface area contributed by atoms with Gasteiger partial charge in [-0.25, -0.2) is 9.59 Å². The average Bonchev–Trinajstić information content (AvgIpc) is 2.80. The predicted octanol–water partition coefficient (Wildman–Crippen LogP) is 4.40. The second-order valence-electron chi connectivity index (χ2n) is 6.13. The first-order valence-corrected chi connectivity index (χ1v) is 11.2. The smallest absolute Gasteiger partial charge is 0.436 e. The van der Waals surface area contributed by atoms with Crippen LogP contribution in [0.15, 0.2) is 51.2 Å². The molecule has 0 fully saturated rings. The van der Waals surface area contributed by atoms with Crippen molar-refractivity contribution in [1.29, 1.82) is 0 Å². The van der Waals surface area contributed by atoms with E-state index in [1.165, 1.54) is 30.3 Å². The third-order valence-corrected chi connectivity index (χ3v) is 6.05. The lowest BCUT2D eigenvalue weighted by atomic mass is 10.2. The number of rotatable bonds is 5. The highest BCUT2D eigenvalue weighted by molar-refractivity contribution is 7.91. The second-order valence-corrected chi connectivity index (χ2v) is 8.42. The summed E-state index contributed by atoms with van der Waals surface area (Å²) in [4.78, 5) is 39.6. The molecule has 3 amide bonds. The minimum Gasteiger partial charge on any atom is -0.606 e. The van der Waals surface area contributed by atoms with Crippen molar-refractivity contribution in [2.75, 3.05) is 24.9 Å². The fourth-order valence-corrected chi connectivity index (χ4v) is 3.79. The molecule has 0 spiro atoms. The van der Waals surface area contributed by atoms with Crippen LogP contribution in [0.4, 0.5) is 21.0 Å². The number of aliphatic imine (C=N–C) groups is 1. The molecule has 10 nitrogen and oxygen atoms in total. The van der Waals surface area contributed by atoms with E-state index in [0.29, 0.717) is 14.8 Å². The third kappa shape index (κ3) is 7.53. The van der Waals surface area contributed by atoms with Gasteiger partial charge >= 0.3 is 12.2 Å². The quantitative estimate of drug-likeness (QED) is 0.305. The second kappa shape index (κ2) is 12.3. The van der Waals surface area contributed by atoms with E-state index in [1.807, 2.05) is 0 Å². The van der Waals surface area contributed by atoms with Crippen LogP contribution < -0.4 is 16.0 Å². The Morgan fingerprint density at radius 3 is 2.24 bits per heavy atom. The molecule has 1 unspecified atom stereocenters. The Morgan fingerprint density at radius 1 is 0.970 bits per heavy atom. The van der Waals surface area contributed by atoms with Crippen LogP contribution in [0.25, 0.3) is 0 Å². The van der Waals surface area contributed by atoms with E-state index in [2.05, 4.69) is 30.4 Å². The van der Waals surface area contributed by atoms with Crippen molar-refractivity contribution in [1.82, 2.24) is 5.32 Å². The minimum absolute atomic E-state index is 0.170. The van der Waals surface area contributed by atoms with Crippen LogP contribution >= 0.6 is 23.2 Å². The zero-order chi connectivity index (χ0) is 24.5. The van der Waals surface area contributed by atoms with Gasteiger partial charge in [0.15, 0.2) is 9.79 Å². The Hall–Kier alpha value is -2.99. The Balaban J connectivity index is 2.45. The first kappa shape index (κ1) is 26.3. The molecule has 3 N–H and O–H groups in total. The molecule has 2 aromatic rings. The number of hydrogen-bond acceptors (Lipinski definition) is 6. The number of guanidine groups is 1. The maximum absolute atomic E-state index is 13.0. The number of amides is 3. The summed E-state index contributed by atoms with van der Waals surface area (Å²) in [6.45, 7) is 1.66. The molecule has 1 atom stereocenters. The van der Waals surface area contributed by atoms with Crippen molar-refractivity contribution in [3.63, 3.8) is 0 Å². The average molecular weight is 515 g/mol. The molecular formula is C20H20Cl2N4O6S. The summed E-state index contributed by atoms with van der Waals surface area (Å²) in [5.41, 5.74) is 0.461. The highest BCUT2D eigenvalue weighted by Gasteiger charge is 2.20. The number of benzene rings is 2. The summed E-state index contributed by atoms with van der Waals surface area (Å²) in [6, 6.07) is 9.07. The van der Waals surface area contributed by atoms with E-state index in [4.69, 9.17) is 23.2 Å². The number of alkyl carbamates (subject to hydrolysis) is 1. The fraction of sp³-hybridized carbons (Fsp3) is 0.200. The van der Waals surface area contributed by atoms with Gasteiger partial charge in [0.05, 0.1) is 35.6 Å². The molecule has 0 heterocycles. The predicted molar refractivity (Wildman–Crippen MR) is 126 cm³/mol. The lowest BCUT2D eigenvalue weighted by molar-refractivity contribution is -0.115. The van der Waals surface area contributed by atoms with Crippen molar-refractivity contribution in [2.24, 2.45) is 4.99 Å². The molecule has 33 heavy (non-hydrogen) atoms. The van der Waals surface area contributed by atoms with Gasteiger partial charge in [-0.2, -0.15) is 0 Å². The molecule has 0 bridgehead atoms. The van der Waals surface area contributed by atoms with Crippen LogP contribution in [0.1, 0.15) is 13.3 Å². The molecule has 13 heteroatoms. The standard InChI is InChI=1S/C20H20Cl2N4O6S/c1-4-17(27)23-16-10-12(33(30)11-5-7-13(21)14(22)9-11)6-8-15(16)24-18(25-19(28)31-2)26-20(29)32-3/h5-10H,4H2,1-3H3,(H,23,27)(H2,24,25,26,28,29). The third-order valence-electron chi connectivity index (χ3n) is 3.94. The van der Waals surface area contributed by atoms with E-state index in [1.54, 1.807) is 13.0 Å². The van der Waals surface area contributed by atoms with Crippen molar-refractivity contribution in [3.8, 4) is 0 Å². The number of carbonyl (C=O) groups excluding carboxylic acids is 3. The number of nitrogens with one attached hydrogen (secondary N) is 3. The summed E-state index contributed by atoms with van der Waals surface area (Å²) < 4.78 is 22.0. The number of hydrogen-bond donors (Lipinski definition) is 3. The van der Waals surface area contributed by atoms with Crippen LogP contribution in [0.5, 0.6) is 0 Å². The first-order chi connectivity index (χ1) is 15.7. The normalized spacial score (nSPS) is 11.9. The summed E-state index contributed by atoms with van der Waals surface area (Å²) >= 11 is 10.3. The highest BCUT2D eigenvalue weighted by atomic mass is 35.5. The molecule has 0 aliphatic heterocycles. The number of anilines is 2. The van der Waals surface area contributed by atoms with Crippen LogP contribution in [0, 0.1) is 0 Å². The van der Waals surface area contributed by atoms with Crippen molar-refractivity contribution in [2.45, 2.75) is 23.1 Å². The molecular weight excluding hydrogens is 495 g/mol. The highest BCUT2D eigenvalue weighted by Crippen LogP contribution is 2.32. The van der Waals surface area contributed by atoms with Gasteiger partial charge in [0, 0.05) is 29.7 Å². The van der Waals surface area contributed by atoms with Crippen molar-refractivity contribution in [3.05, 3.63) is 46.4 Å². The molecule has 0 aliphatic rings. The van der Waals surface area contributed by atoms with Gasteiger partial charge in [-0.05, 0) is 24.3 Å². The molecule has 0 aliphatic carbocycles. The lowest BCUT2D eigenvalue weighted by Crippen LogP contribution is -2.36. The number of nitrogens with zero attached hydrogens (tertiary/aromatic N) is 1. The Kier molecular flexibility index (Phi) is 9.79. The topological polar surface area (TPSA) is 141 Å². The molecule has 2 rings (SSSR count). The minimum atomic E-state index is -1.65. The van der Waals surface area contributed by atoms with Crippen molar-refractivity contribution >= 4 is 69.8 Å². The Bertz CT molecular complexity index is 1080. The van der Waals surface area contributed by atoms with Crippen LogP contribution in [-0.2, 0) is 25.4 Å². The number of carbonyl (C=O) groups is 3. The summed E-state index contributed by atoms with van der Waals surface area (Å²) in [6.07, 6.45) is -1.73. The van der Waals surface area contributed by atoms with E-state index in [9.17, 15) is 18.9 Å². The van der Waals surface area contributed by atoms with E-state index in [0.717, 1.165) is 14.2 Å². The van der Waals surface area contributed by atoms with Gasteiger partial charge < -0.3 is 24.7 Å². The lowest BCUT2D eigenvalue weighted by Gasteiger charge is -2.17. The Labute approximate surface area is 202 Å². The van der Waals surface area contributed by atoms with Crippen LogP contribution in [0.3, 0.4) is 0 Å². The molecule has 0 saturated heterocycles. The summed E-state index contributed by atoms with van der Waals surface area (Å²) in [5, 5.41) is 8.18. The maximum Gasteiger partial charge on any atom is 0.436 e. The number of methoxy groups -OCH3 is 2. The van der Waals surface area contributed by atoms with Gasteiger partial charge in [0.1, 0.15) is 0 Å². The van der Waals surface area contributed by atoms with Crippen molar-refractivity contribution < 1.29 is 28.4 Å². The largest absolute Gasteiger partial charge is 0.606 e. The monoisotopic (exact) mass is 514 g/mol. The molecule has 0 saturated carbocycles. The van der Waals surface area contributed by atoms with E-state index in [-0.39, 0.29) is 34.7 Å². The van der Waals surface area contributed by atoms with Gasteiger partial charge in [-0.1, -0.05) is 30.1 Å². The molecule has 0 radical (unpaired) electrons. The van der Waals surface area contributed by atoms with Gasteiger partial charge in [-0.15, -0.1) is 4.99 Å². The summed E-state index contributed by atoms with van der Waals surface area (Å²) in [5.74, 6) is -0.651. The van der Waals surface area contributed by atoms with Gasteiger partial charge in [0.2, 0.25) is 11.9 Å². The van der Waals surface area contributed by atoms with Crippen LogP contribution in [-0.4, -0.2) is 42.8 Å². The molecule has 0 aromatic heterocycles. The zero-order valence-electron chi connectivity index (χ0n) is 17.7. The first-order valence-electron chi connectivity index (χ1n) is 9.27. The fourth-order valence-electron chi connectivity index (χ4n) is 2.32. The molecule has 2 aromatic carbocycles. The van der Waals surface area contributed by atoms with Gasteiger partial charge in [-0.3, -0.25) is 10.1 Å².